The lowest BCUT2D eigenvalue weighted by molar-refractivity contribution is -0.387. The van der Waals surface area contributed by atoms with E-state index in [0.717, 1.165) is 4.90 Å². The number of halogens is 2. The van der Waals surface area contributed by atoms with Crippen LogP contribution in [0.3, 0.4) is 0 Å². The van der Waals surface area contributed by atoms with Crippen LogP contribution < -0.4 is 0 Å². The first kappa shape index (κ1) is 18.5. The number of hydrogen-bond donors (Lipinski definition) is 0. The average molecular weight is 403 g/mol. The molecular weight excluding hydrogens is 391 g/mol. The van der Waals surface area contributed by atoms with E-state index in [1.807, 2.05) is 18.2 Å². The average Bonchev–Trinajstić information content (AvgIpc) is 2.62. The predicted molar refractivity (Wildman–Crippen MR) is 107 cm³/mol. The standard InChI is InChI=1S/C19H12Cl2N2O2S/c20-14-5-7-17(8-6-14)26-19-9-4-13(10-18(19)23(24)25)12-22-16-3-1-2-15(21)11-16/h1-12H. The summed E-state index contributed by atoms with van der Waals surface area (Å²) in [6, 6.07) is 19.2. The Morgan fingerprint density at radius 2 is 1.73 bits per heavy atom. The van der Waals surface area contributed by atoms with Gasteiger partial charge in [0.25, 0.3) is 5.69 Å². The van der Waals surface area contributed by atoms with Crippen molar-refractivity contribution >= 4 is 52.6 Å². The van der Waals surface area contributed by atoms with E-state index in [1.54, 1.807) is 48.7 Å². The van der Waals surface area contributed by atoms with Crippen LogP contribution >= 0.6 is 35.0 Å². The van der Waals surface area contributed by atoms with Crippen LogP contribution in [0.5, 0.6) is 0 Å². The highest BCUT2D eigenvalue weighted by Crippen LogP contribution is 2.35. The second-order valence-electron chi connectivity index (χ2n) is 5.28. The Bertz CT molecular complexity index is 976. The van der Waals surface area contributed by atoms with Gasteiger partial charge >= 0.3 is 0 Å². The van der Waals surface area contributed by atoms with Crippen molar-refractivity contribution in [2.75, 3.05) is 0 Å². The summed E-state index contributed by atoms with van der Waals surface area (Å²) in [5.74, 6) is 0. The van der Waals surface area contributed by atoms with Crippen molar-refractivity contribution in [3.05, 3.63) is 92.5 Å². The second-order valence-corrected chi connectivity index (χ2v) is 7.27. The van der Waals surface area contributed by atoms with E-state index >= 15 is 0 Å². The SMILES string of the molecule is O=[N+]([O-])c1cc(C=Nc2cccc(Cl)c2)ccc1Sc1ccc(Cl)cc1. The van der Waals surface area contributed by atoms with Crippen molar-refractivity contribution in [3.63, 3.8) is 0 Å². The molecule has 0 unspecified atom stereocenters. The van der Waals surface area contributed by atoms with Crippen LogP contribution in [0.25, 0.3) is 0 Å². The largest absolute Gasteiger partial charge is 0.283 e. The topological polar surface area (TPSA) is 55.5 Å². The minimum Gasteiger partial charge on any atom is -0.258 e. The third kappa shape index (κ3) is 4.85. The normalized spacial score (nSPS) is 11.0. The first-order chi connectivity index (χ1) is 12.5. The van der Waals surface area contributed by atoms with Crippen molar-refractivity contribution in [1.29, 1.82) is 0 Å². The molecule has 3 rings (SSSR count). The Morgan fingerprint density at radius 1 is 0.962 bits per heavy atom. The Labute approximate surface area is 164 Å². The van der Waals surface area contributed by atoms with Gasteiger partial charge in [0.15, 0.2) is 0 Å². The van der Waals surface area contributed by atoms with E-state index in [-0.39, 0.29) is 5.69 Å². The lowest BCUT2D eigenvalue weighted by Crippen LogP contribution is -1.93. The Kier molecular flexibility index (Phi) is 5.93. The smallest absolute Gasteiger partial charge is 0.258 e. The van der Waals surface area contributed by atoms with Gasteiger partial charge in [-0.05, 0) is 54.1 Å². The molecule has 0 saturated heterocycles. The van der Waals surface area contributed by atoms with Crippen LogP contribution in [0, 0.1) is 10.1 Å². The van der Waals surface area contributed by atoms with E-state index in [2.05, 4.69) is 4.99 Å². The number of rotatable bonds is 5. The van der Waals surface area contributed by atoms with Gasteiger partial charge in [0, 0.05) is 27.2 Å². The highest BCUT2D eigenvalue weighted by atomic mass is 35.5. The molecule has 0 amide bonds. The summed E-state index contributed by atoms with van der Waals surface area (Å²) in [6.45, 7) is 0. The first-order valence-electron chi connectivity index (χ1n) is 7.53. The number of benzene rings is 3. The molecular formula is C19H12Cl2N2O2S. The molecule has 0 aliphatic heterocycles. The maximum Gasteiger partial charge on any atom is 0.283 e. The molecule has 7 heteroatoms. The molecule has 0 aliphatic rings. The predicted octanol–water partition coefficient (Wildman–Crippen LogP) is 6.80. The fraction of sp³-hybridized carbons (Fsp3) is 0. The van der Waals surface area contributed by atoms with Crippen LogP contribution in [0.1, 0.15) is 5.56 Å². The molecule has 0 aliphatic carbocycles. The van der Waals surface area contributed by atoms with Gasteiger partial charge in [-0.1, -0.05) is 47.1 Å². The molecule has 0 heterocycles. The molecule has 0 spiro atoms. The summed E-state index contributed by atoms with van der Waals surface area (Å²) in [4.78, 5) is 16.8. The minimum atomic E-state index is -0.394. The third-order valence-corrected chi connectivity index (χ3v) is 4.95. The molecule has 0 N–H and O–H groups in total. The fourth-order valence-electron chi connectivity index (χ4n) is 2.18. The molecule has 0 fully saturated rings. The summed E-state index contributed by atoms with van der Waals surface area (Å²) >= 11 is 13.1. The van der Waals surface area contributed by atoms with Crippen molar-refractivity contribution in [2.24, 2.45) is 4.99 Å². The van der Waals surface area contributed by atoms with Gasteiger partial charge < -0.3 is 0 Å². The van der Waals surface area contributed by atoms with Crippen molar-refractivity contribution in [2.45, 2.75) is 9.79 Å². The number of nitro benzene ring substituents is 1. The van der Waals surface area contributed by atoms with E-state index in [1.165, 1.54) is 17.8 Å². The zero-order chi connectivity index (χ0) is 18.5. The summed E-state index contributed by atoms with van der Waals surface area (Å²) in [5.41, 5.74) is 1.34. The zero-order valence-corrected chi connectivity index (χ0v) is 15.6. The quantitative estimate of drug-likeness (QED) is 0.267. The highest BCUT2D eigenvalue weighted by Gasteiger charge is 2.15. The molecule has 130 valence electrons. The van der Waals surface area contributed by atoms with Gasteiger partial charge in [-0.15, -0.1) is 0 Å². The number of nitrogens with zero attached hydrogens (tertiary/aromatic N) is 2. The molecule has 0 bridgehead atoms. The lowest BCUT2D eigenvalue weighted by Gasteiger charge is -2.04. The molecule has 0 aromatic heterocycles. The summed E-state index contributed by atoms with van der Waals surface area (Å²) in [7, 11) is 0. The molecule has 3 aromatic rings. The maximum absolute atomic E-state index is 11.4. The summed E-state index contributed by atoms with van der Waals surface area (Å²) in [5, 5.41) is 12.7. The van der Waals surface area contributed by atoms with Crippen LogP contribution in [0.2, 0.25) is 10.0 Å². The van der Waals surface area contributed by atoms with Crippen molar-refractivity contribution in [3.8, 4) is 0 Å². The third-order valence-electron chi connectivity index (χ3n) is 3.39. The van der Waals surface area contributed by atoms with Crippen LogP contribution in [-0.2, 0) is 0 Å². The second kappa shape index (κ2) is 8.36. The minimum absolute atomic E-state index is 0.0278. The molecule has 3 aromatic carbocycles. The van der Waals surface area contributed by atoms with Crippen molar-refractivity contribution < 1.29 is 4.92 Å². The Balaban J connectivity index is 1.86. The monoisotopic (exact) mass is 402 g/mol. The maximum atomic E-state index is 11.4. The van der Waals surface area contributed by atoms with E-state index < -0.39 is 4.92 Å². The van der Waals surface area contributed by atoms with Gasteiger partial charge in [-0.3, -0.25) is 15.1 Å². The fourth-order valence-corrected chi connectivity index (χ4v) is 3.39. The first-order valence-corrected chi connectivity index (χ1v) is 9.10. The lowest BCUT2D eigenvalue weighted by atomic mass is 10.2. The number of hydrogen-bond acceptors (Lipinski definition) is 4. The Hall–Kier alpha value is -2.34. The summed E-state index contributed by atoms with van der Waals surface area (Å²) in [6.07, 6.45) is 1.58. The van der Waals surface area contributed by atoms with Gasteiger partial charge in [0.1, 0.15) is 0 Å². The summed E-state index contributed by atoms with van der Waals surface area (Å²) < 4.78 is 0. The van der Waals surface area contributed by atoms with Gasteiger partial charge in [-0.25, -0.2) is 0 Å². The van der Waals surface area contributed by atoms with Crippen molar-refractivity contribution in [1.82, 2.24) is 0 Å². The van der Waals surface area contributed by atoms with Gasteiger partial charge in [0.2, 0.25) is 0 Å². The number of nitro groups is 1. The van der Waals surface area contributed by atoms with Gasteiger partial charge in [-0.2, -0.15) is 0 Å². The van der Waals surface area contributed by atoms with E-state index in [0.29, 0.717) is 26.2 Å². The Morgan fingerprint density at radius 3 is 2.42 bits per heavy atom. The van der Waals surface area contributed by atoms with E-state index in [4.69, 9.17) is 23.2 Å². The zero-order valence-electron chi connectivity index (χ0n) is 13.3. The number of aliphatic imine (C=N–C) groups is 1. The van der Waals surface area contributed by atoms with Crippen LogP contribution in [0.15, 0.2) is 81.5 Å². The molecule has 0 saturated carbocycles. The van der Waals surface area contributed by atoms with Crippen LogP contribution in [-0.4, -0.2) is 11.1 Å². The molecule has 4 nitrogen and oxygen atoms in total. The molecule has 26 heavy (non-hydrogen) atoms. The van der Waals surface area contributed by atoms with E-state index in [9.17, 15) is 10.1 Å². The van der Waals surface area contributed by atoms with Gasteiger partial charge in [0.05, 0.1) is 15.5 Å². The highest BCUT2D eigenvalue weighted by molar-refractivity contribution is 7.99. The van der Waals surface area contributed by atoms with Crippen LogP contribution in [0.4, 0.5) is 11.4 Å². The molecule has 0 radical (unpaired) electrons. The molecule has 0 atom stereocenters.